The third kappa shape index (κ3) is 3.76. The van der Waals surface area contributed by atoms with Crippen molar-refractivity contribution in [2.75, 3.05) is 11.6 Å². The Kier molecular flexibility index (Phi) is 4.85. The van der Waals surface area contributed by atoms with E-state index in [1.54, 1.807) is 24.5 Å². The predicted molar refractivity (Wildman–Crippen MR) is 83.3 cm³/mol. The molecule has 2 aromatic carbocycles. The lowest BCUT2D eigenvalue weighted by molar-refractivity contribution is 0.102. The first-order chi connectivity index (χ1) is 9.99. The lowest BCUT2D eigenvalue weighted by atomic mass is 10.1. The van der Waals surface area contributed by atoms with E-state index in [1.165, 1.54) is 18.2 Å². The Morgan fingerprint density at radius 3 is 2.57 bits per heavy atom. The minimum atomic E-state index is -0.960. The van der Waals surface area contributed by atoms with Gasteiger partial charge in [0.2, 0.25) is 0 Å². The number of benzene rings is 2. The van der Waals surface area contributed by atoms with Gasteiger partial charge in [0.1, 0.15) is 5.82 Å². The molecule has 0 aliphatic rings. The number of anilines is 1. The maximum atomic E-state index is 13.6. The SMILES string of the molecule is Cc1c(C[S@@](C)=O)cccc1NC(=O)c1ccccc1F. The second kappa shape index (κ2) is 6.63. The van der Waals surface area contributed by atoms with Crippen LogP contribution in [0.3, 0.4) is 0 Å². The van der Waals surface area contributed by atoms with Crippen molar-refractivity contribution in [3.8, 4) is 0 Å². The standard InChI is InChI=1S/C16H16FNO2S/c1-11-12(10-21(2)20)6-5-9-15(11)18-16(19)13-7-3-4-8-14(13)17/h3-9H,10H2,1-2H3,(H,18,19)/t21-/m1/s1. The topological polar surface area (TPSA) is 46.2 Å². The normalized spacial score (nSPS) is 12.0. The number of hydrogen-bond acceptors (Lipinski definition) is 2. The van der Waals surface area contributed by atoms with E-state index >= 15 is 0 Å². The van der Waals surface area contributed by atoms with Gasteiger partial charge in [0, 0.05) is 28.5 Å². The first-order valence-electron chi connectivity index (χ1n) is 6.43. The maximum Gasteiger partial charge on any atom is 0.258 e. The summed E-state index contributed by atoms with van der Waals surface area (Å²) in [6.45, 7) is 1.85. The molecule has 0 aromatic heterocycles. The second-order valence-electron chi connectivity index (χ2n) is 4.74. The molecule has 5 heteroatoms. The van der Waals surface area contributed by atoms with Crippen LogP contribution in [0, 0.1) is 12.7 Å². The van der Waals surface area contributed by atoms with Crippen molar-refractivity contribution in [1.82, 2.24) is 0 Å². The molecule has 1 amide bonds. The summed E-state index contributed by atoms with van der Waals surface area (Å²) in [4.78, 5) is 12.1. The van der Waals surface area contributed by atoms with Gasteiger partial charge >= 0.3 is 0 Å². The van der Waals surface area contributed by atoms with Crippen LogP contribution >= 0.6 is 0 Å². The Morgan fingerprint density at radius 1 is 1.19 bits per heavy atom. The second-order valence-corrected chi connectivity index (χ2v) is 6.18. The third-order valence-electron chi connectivity index (χ3n) is 3.17. The fraction of sp³-hybridized carbons (Fsp3) is 0.188. The number of carbonyl (C=O) groups is 1. The minimum absolute atomic E-state index is 0.00127. The van der Waals surface area contributed by atoms with Crippen LogP contribution in [-0.2, 0) is 16.6 Å². The van der Waals surface area contributed by atoms with E-state index in [9.17, 15) is 13.4 Å². The largest absolute Gasteiger partial charge is 0.322 e. The molecule has 1 atom stereocenters. The monoisotopic (exact) mass is 305 g/mol. The van der Waals surface area contributed by atoms with Gasteiger partial charge in [-0.2, -0.15) is 0 Å². The van der Waals surface area contributed by atoms with Gasteiger partial charge < -0.3 is 5.32 Å². The molecular weight excluding hydrogens is 289 g/mol. The Bertz CT molecular complexity index is 700. The lowest BCUT2D eigenvalue weighted by Crippen LogP contribution is -2.15. The minimum Gasteiger partial charge on any atom is -0.322 e. The van der Waals surface area contributed by atoms with Gasteiger partial charge in [-0.15, -0.1) is 0 Å². The zero-order valence-corrected chi connectivity index (χ0v) is 12.7. The van der Waals surface area contributed by atoms with Crippen molar-refractivity contribution >= 4 is 22.4 Å². The zero-order valence-electron chi connectivity index (χ0n) is 11.9. The van der Waals surface area contributed by atoms with Crippen LogP contribution in [-0.4, -0.2) is 16.4 Å². The number of hydrogen-bond donors (Lipinski definition) is 1. The summed E-state index contributed by atoms with van der Waals surface area (Å²) in [6.07, 6.45) is 1.63. The van der Waals surface area contributed by atoms with Gasteiger partial charge in [-0.1, -0.05) is 24.3 Å². The fourth-order valence-corrected chi connectivity index (χ4v) is 2.78. The Balaban J connectivity index is 2.26. The van der Waals surface area contributed by atoms with Crippen LogP contribution in [0.1, 0.15) is 21.5 Å². The van der Waals surface area contributed by atoms with Crippen LogP contribution in [0.2, 0.25) is 0 Å². The molecule has 0 saturated carbocycles. The summed E-state index contributed by atoms with van der Waals surface area (Å²) in [6, 6.07) is 11.2. The summed E-state index contributed by atoms with van der Waals surface area (Å²) in [5, 5.41) is 2.70. The predicted octanol–water partition coefficient (Wildman–Crippen LogP) is 3.26. The van der Waals surface area contributed by atoms with E-state index in [0.29, 0.717) is 11.4 Å². The molecule has 1 N–H and O–H groups in total. The highest BCUT2D eigenvalue weighted by molar-refractivity contribution is 7.83. The first-order valence-corrected chi connectivity index (χ1v) is 8.16. The summed E-state index contributed by atoms with van der Waals surface area (Å²) in [7, 11) is -0.960. The average Bonchev–Trinajstić information content (AvgIpc) is 2.43. The quantitative estimate of drug-likeness (QED) is 0.942. The van der Waals surface area contributed by atoms with Gasteiger partial charge in [-0.25, -0.2) is 4.39 Å². The van der Waals surface area contributed by atoms with Crippen molar-refractivity contribution in [2.24, 2.45) is 0 Å². The summed E-state index contributed by atoms with van der Waals surface area (Å²) < 4.78 is 24.9. The number of amides is 1. The van der Waals surface area contributed by atoms with E-state index in [0.717, 1.165) is 11.1 Å². The molecule has 0 heterocycles. The van der Waals surface area contributed by atoms with Crippen molar-refractivity contribution in [1.29, 1.82) is 0 Å². The average molecular weight is 305 g/mol. The summed E-state index contributed by atoms with van der Waals surface area (Å²) in [5.74, 6) is -0.626. The van der Waals surface area contributed by atoms with E-state index in [2.05, 4.69) is 5.32 Å². The number of rotatable bonds is 4. The highest BCUT2D eigenvalue weighted by atomic mass is 32.2. The van der Waals surface area contributed by atoms with E-state index in [-0.39, 0.29) is 5.56 Å². The molecule has 0 fully saturated rings. The van der Waals surface area contributed by atoms with Gasteiger partial charge in [-0.3, -0.25) is 9.00 Å². The van der Waals surface area contributed by atoms with Gasteiger partial charge in [0.25, 0.3) is 5.91 Å². The third-order valence-corrected chi connectivity index (χ3v) is 3.89. The molecule has 0 radical (unpaired) electrons. The van der Waals surface area contributed by atoms with Crippen molar-refractivity contribution in [3.63, 3.8) is 0 Å². The number of nitrogens with one attached hydrogen (secondary N) is 1. The molecule has 0 aliphatic carbocycles. The van der Waals surface area contributed by atoms with Crippen LogP contribution in [0.5, 0.6) is 0 Å². The van der Waals surface area contributed by atoms with Crippen molar-refractivity contribution in [2.45, 2.75) is 12.7 Å². The van der Waals surface area contributed by atoms with Crippen LogP contribution in [0.4, 0.5) is 10.1 Å². The van der Waals surface area contributed by atoms with E-state index < -0.39 is 22.5 Å². The van der Waals surface area contributed by atoms with Crippen LogP contribution < -0.4 is 5.32 Å². The molecule has 0 bridgehead atoms. The Morgan fingerprint density at radius 2 is 1.90 bits per heavy atom. The molecule has 2 aromatic rings. The van der Waals surface area contributed by atoms with Crippen LogP contribution in [0.15, 0.2) is 42.5 Å². The maximum absolute atomic E-state index is 13.6. The molecule has 0 spiro atoms. The van der Waals surface area contributed by atoms with Gasteiger partial charge in [-0.05, 0) is 36.2 Å². The highest BCUT2D eigenvalue weighted by Crippen LogP contribution is 2.21. The smallest absolute Gasteiger partial charge is 0.258 e. The van der Waals surface area contributed by atoms with Gasteiger partial charge in [0.05, 0.1) is 5.56 Å². The first kappa shape index (κ1) is 15.4. The molecule has 0 saturated heterocycles. The Hall–Kier alpha value is -2.01. The molecule has 110 valence electrons. The summed E-state index contributed by atoms with van der Waals surface area (Å²) in [5.41, 5.74) is 2.35. The molecule has 21 heavy (non-hydrogen) atoms. The molecular formula is C16H16FNO2S. The molecule has 0 aliphatic heterocycles. The van der Waals surface area contributed by atoms with Crippen molar-refractivity contribution in [3.05, 3.63) is 65.0 Å². The zero-order chi connectivity index (χ0) is 15.4. The summed E-state index contributed by atoms with van der Waals surface area (Å²) >= 11 is 0. The molecule has 0 unspecified atom stereocenters. The van der Waals surface area contributed by atoms with E-state index in [1.807, 2.05) is 13.0 Å². The number of carbonyl (C=O) groups excluding carboxylic acids is 1. The number of halogens is 1. The highest BCUT2D eigenvalue weighted by Gasteiger charge is 2.13. The molecule has 2 rings (SSSR count). The fourth-order valence-electron chi connectivity index (χ4n) is 2.03. The van der Waals surface area contributed by atoms with Crippen molar-refractivity contribution < 1.29 is 13.4 Å². The van der Waals surface area contributed by atoms with Crippen LogP contribution in [0.25, 0.3) is 0 Å². The Labute approximate surface area is 125 Å². The lowest BCUT2D eigenvalue weighted by Gasteiger charge is -2.12. The molecule has 3 nitrogen and oxygen atoms in total. The van der Waals surface area contributed by atoms with Gasteiger partial charge in [0.15, 0.2) is 0 Å². The van der Waals surface area contributed by atoms with E-state index in [4.69, 9.17) is 0 Å².